The lowest BCUT2D eigenvalue weighted by molar-refractivity contribution is 0.182. The fraction of sp³-hybridized carbons (Fsp3) is 0.333. The van der Waals surface area contributed by atoms with Crippen molar-refractivity contribution in [2.45, 2.75) is 19.5 Å². The first kappa shape index (κ1) is 24.4. The van der Waals surface area contributed by atoms with Gasteiger partial charge in [-0.15, -0.1) is 16.7 Å². The van der Waals surface area contributed by atoms with Crippen LogP contribution in [0.3, 0.4) is 0 Å². The molecule has 0 aliphatic carbocycles. The molecule has 11 heteroatoms. The quantitative estimate of drug-likeness (QED) is 0.299. The van der Waals surface area contributed by atoms with E-state index in [0.717, 1.165) is 71.0 Å². The van der Waals surface area contributed by atoms with E-state index in [9.17, 15) is 0 Å². The normalized spacial score (nSPS) is 16.4. The fourth-order valence-electron chi connectivity index (χ4n) is 5.05. The monoisotopic (exact) mass is 532 g/mol. The summed E-state index contributed by atoms with van der Waals surface area (Å²) in [7, 11) is 1.62. The van der Waals surface area contributed by atoms with Gasteiger partial charge in [-0.1, -0.05) is 6.07 Å². The van der Waals surface area contributed by atoms with Crippen LogP contribution in [0.15, 0.2) is 55.1 Å². The van der Waals surface area contributed by atoms with E-state index >= 15 is 0 Å². The predicted octanol–water partition coefficient (Wildman–Crippen LogP) is 4.00. The Labute approximate surface area is 225 Å². The Kier molecular flexibility index (Phi) is 6.73. The number of ether oxygens (including phenoxy) is 2. The minimum absolute atomic E-state index is 0.206. The Bertz CT molecular complexity index is 1530. The Morgan fingerprint density at radius 3 is 2.76 bits per heavy atom. The van der Waals surface area contributed by atoms with Crippen molar-refractivity contribution >= 4 is 34.0 Å². The number of fused-ring (bicyclic) bond motifs is 3. The summed E-state index contributed by atoms with van der Waals surface area (Å²) in [5.41, 5.74) is 4.83. The minimum atomic E-state index is 0.206. The molecule has 1 saturated heterocycles. The lowest BCUT2D eigenvalue weighted by Gasteiger charge is -2.41. The second-order valence-electron chi connectivity index (χ2n) is 9.29. The molecule has 0 radical (unpaired) electrons. The summed E-state index contributed by atoms with van der Waals surface area (Å²) in [6.07, 6.45) is 7.49. The fourth-order valence-corrected chi connectivity index (χ4v) is 5.35. The van der Waals surface area contributed by atoms with Gasteiger partial charge in [-0.05, 0) is 30.7 Å². The molecule has 0 aromatic carbocycles. The number of pyridine rings is 3. The van der Waals surface area contributed by atoms with E-state index < -0.39 is 0 Å². The van der Waals surface area contributed by atoms with E-state index in [0.29, 0.717) is 18.4 Å². The molecular weight excluding hydrogens is 504 g/mol. The number of aromatic amines is 1. The van der Waals surface area contributed by atoms with Gasteiger partial charge in [0.05, 0.1) is 37.0 Å². The standard InChI is InChI=1S/C27H29ClN8O2/c1-3-38-21-10-22(26-23-14-31-32-27(23)33-36(26)17-21)19-5-6-24(29-13-19)35-9-8-34(20(11-28)16-35)15-18-4-7-25(37-2)30-12-18/h4-7,10,12-14,17,20H,3,8-9,11,15-16H2,1-2H3,(H,32,33). The zero-order chi connectivity index (χ0) is 26.1. The SMILES string of the molecule is CCOc1cc(-c2ccc(N3CCN(Cc4ccc(OC)nc4)C(CCl)C3)nc2)c2c3cn[nH]c3nn2c1. The number of nitrogens with one attached hydrogen (secondary N) is 1. The number of piperazine rings is 1. The van der Waals surface area contributed by atoms with Crippen LogP contribution in [0.25, 0.3) is 27.7 Å². The average molecular weight is 533 g/mol. The number of H-pyrrole nitrogens is 1. The Morgan fingerprint density at radius 1 is 1.11 bits per heavy atom. The van der Waals surface area contributed by atoms with Crippen LogP contribution in [0.2, 0.25) is 0 Å². The van der Waals surface area contributed by atoms with Gasteiger partial charge >= 0.3 is 0 Å². The van der Waals surface area contributed by atoms with Crippen LogP contribution in [0.4, 0.5) is 5.82 Å². The van der Waals surface area contributed by atoms with Crippen molar-refractivity contribution in [1.82, 2.24) is 34.7 Å². The molecule has 6 rings (SSSR count). The van der Waals surface area contributed by atoms with Gasteiger partial charge in [0, 0.05) is 67.7 Å². The van der Waals surface area contributed by atoms with Crippen LogP contribution in [0.1, 0.15) is 12.5 Å². The third-order valence-corrected chi connectivity index (χ3v) is 7.33. The van der Waals surface area contributed by atoms with Crippen molar-refractivity contribution in [3.05, 3.63) is 60.7 Å². The van der Waals surface area contributed by atoms with Crippen molar-refractivity contribution in [2.75, 3.05) is 44.1 Å². The zero-order valence-electron chi connectivity index (χ0n) is 21.3. The molecule has 0 bridgehead atoms. The van der Waals surface area contributed by atoms with Crippen molar-refractivity contribution in [3.63, 3.8) is 0 Å². The van der Waals surface area contributed by atoms with Gasteiger partial charge in [0.1, 0.15) is 11.6 Å². The first-order valence-electron chi connectivity index (χ1n) is 12.7. The highest BCUT2D eigenvalue weighted by molar-refractivity contribution is 6.18. The molecule has 1 fully saturated rings. The molecule has 0 spiro atoms. The molecule has 1 aliphatic heterocycles. The van der Waals surface area contributed by atoms with Crippen LogP contribution in [-0.4, -0.2) is 80.0 Å². The summed E-state index contributed by atoms with van der Waals surface area (Å²) in [4.78, 5) is 13.9. The molecule has 6 heterocycles. The van der Waals surface area contributed by atoms with Crippen molar-refractivity contribution in [2.24, 2.45) is 0 Å². The lowest BCUT2D eigenvalue weighted by Crippen LogP contribution is -2.53. The molecule has 0 saturated carbocycles. The largest absolute Gasteiger partial charge is 0.492 e. The number of aromatic nitrogens is 6. The Balaban J connectivity index is 1.22. The molecule has 38 heavy (non-hydrogen) atoms. The predicted molar refractivity (Wildman–Crippen MR) is 147 cm³/mol. The summed E-state index contributed by atoms with van der Waals surface area (Å²) in [6, 6.07) is 10.4. The molecule has 5 aromatic heterocycles. The van der Waals surface area contributed by atoms with Crippen LogP contribution < -0.4 is 14.4 Å². The van der Waals surface area contributed by atoms with E-state index in [1.54, 1.807) is 13.3 Å². The molecule has 10 nitrogen and oxygen atoms in total. The molecule has 5 aromatic rings. The van der Waals surface area contributed by atoms with E-state index in [1.807, 2.05) is 42.2 Å². The number of halogens is 1. The number of hydrogen-bond acceptors (Lipinski definition) is 8. The average Bonchev–Trinajstić information content (AvgIpc) is 3.55. The number of nitrogens with zero attached hydrogens (tertiary/aromatic N) is 7. The summed E-state index contributed by atoms with van der Waals surface area (Å²) >= 11 is 6.42. The van der Waals surface area contributed by atoms with E-state index in [-0.39, 0.29) is 6.04 Å². The van der Waals surface area contributed by atoms with Gasteiger partial charge < -0.3 is 14.4 Å². The van der Waals surface area contributed by atoms with Crippen LogP contribution in [-0.2, 0) is 6.54 Å². The third kappa shape index (κ3) is 4.61. The topological polar surface area (TPSA) is 96.7 Å². The highest BCUT2D eigenvalue weighted by Crippen LogP contribution is 2.33. The van der Waals surface area contributed by atoms with Gasteiger partial charge in [-0.2, -0.15) is 5.10 Å². The van der Waals surface area contributed by atoms with Gasteiger partial charge in [-0.3, -0.25) is 10.00 Å². The van der Waals surface area contributed by atoms with Gasteiger partial charge in [0.2, 0.25) is 5.88 Å². The zero-order valence-corrected chi connectivity index (χ0v) is 22.1. The van der Waals surface area contributed by atoms with E-state index in [2.05, 4.69) is 48.3 Å². The van der Waals surface area contributed by atoms with Crippen LogP contribution in [0.5, 0.6) is 11.6 Å². The summed E-state index contributed by atoms with van der Waals surface area (Å²) in [5, 5.41) is 12.7. The number of hydrogen-bond donors (Lipinski definition) is 1. The molecule has 0 amide bonds. The second-order valence-corrected chi connectivity index (χ2v) is 9.60. The second kappa shape index (κ2) is 10.5. The summed E-state index contributed by atoms with van der Waals surface area (Å²) in [6.45, 7) is 5.91. The number of rotatable bonds is 8. The third-order valence-electron chi connectivity index (χ3n) is 6.97. The molecule has 1 aliphatic rings. The van der Waals surface area contributed by atoms with Gasteiger partial charge in [-0.25, -0.2) is 14.5 Å². The van der Waals surface area contributed by atoms with Crippen LogP contribution in [0, 0.1) is 0 Å². The van der Waals surface area contributed by atoms with E-state index in [1.165, 1.54) is 0 Å². The highest BCUT2D eigenvalue weighted by Gasteiger charge is 2.27. The summed E-state index contributed by atoms with van der Waals surface area (Å²) < 4.78 is 12.8. The lowest BCUT2D eigenvalue weighted by atomic mass is 10.1. The number of anilines is 1. The van der Waals surface area contributed by atoms with E-state index in [4.69, 9.17) is 26.1 Å². The number of methoxy groups -OCH3 is 1. The van der Waals surface area contributed by atoms with Gasteiger partial charge in [0.25, 0.3) is 0 Å². The first-order valence-corrected chi connectivity index (χ1v) is 13.2. The van der Waals surface area contributed by atoms with Crippen molar-refractivity contribution in [1.29, 1.82) is 0 Å². The molecular formula is C27H29ClN8O2. The molecule has 1 unspecified atom stereocenters. The highest BCUT2D eigenvalue weighted by atomic mass is 35.5. The maximum Gasteiger partial charge on any atom is 0.212 e. The van der Waals surface area contributed by atoms with Crippen molar-refractivity contribution in [3.8, 4) is 22.8 Å². The minimum Gasteiger partial charge on any atom is -0.492 e. The molecule has 196 valence electrons. The maximum atomic E-state index is 6.42. The molecule has 1 atom stereocenters. The summed E-state index contributed by atoms with van der Waals surface area (Å²) in [5.74, 6) is 2.86. The Hall–Kier alpha value is -3.89. The first-order chi connectivity index (χ1) is 18.7. The van der Waals surface area contributed by atoms with Crippen LogP contribution >= 0.6 is 11.6 Å². The van der Waals surface area contributed by atoms with Gasteiger partial charge in [0.15, 0.2) is 5.65 Å². The molecule has 1 N–H and O–H groups in total. The smallest absolute Gasteiger partial charge is 0.212 e. The van der Waals surface area contributed by atoms with Crippen molar-refractivity contribution < 1.29 is 9.47 Å². The maximum absolute atomic E-state index is 6.42. The Morgan fingerprint density at radius 2 is 2.03 bits per heavy atom. The number of alkyl halides is 1.